The highest BCUT2D eigenvalue weighted by Crippen LogP contribution is 2.17. The van der Waals surface area contributed by atoms with Gasteiger partial charge in [0.2, 0.25) is 10.0 Å². The summed E-state index contributed by atoms with van der Waals surface area (Å²) < 4.78 is 29.5. The minimum atomic E-state index is -3.17. The highest BCUT2D eigenvalue weighted by molar-refractivity contribution is 7.88. The number of ether oxygens (including phenoxy) is 1. The van der Waals surface area contributed by atoms with Crippen LogP contribution < -0.4 is 9.46 Å². The summed E-state index contributed by atoms with van der Waals surface area (Å²) in [6.45, 7) is 1.79. The molecule has 5 heteroatoms. The molecule has 0 spiro atoms. The maximum absolute atomic E-state index is 11.0. The average Bonchev–Trinajstić information content (AvgIpc) is 2.15. The predicted octanol–water partition coefficient (Wildman–Crippen LogP) is 1.31. The lowest BCUT2D eigenvalue weighted by molar-refractivity contribution is 0.414. The van der Waals surface area contributed by atoms with Crippen LogP contribution in [-0.2, 0) is 10.0 Å². The van der Waals surface area contributed by atoms with E-state index in [4.69, 9.17) is 4.74 Å². The van der Waals surface area contributed by atoms with Crippen LogP contribution in [0.3, 0.4) is 0 Å². The van der Waals surface area contributed by atoms with Gasteiger partial charge < -0.3 is 4.74 Å². The fourth-order valence-corrected chi connectivity index (χ4v) is 2.06. The molecule has 0 bridgehead atoms. The molecule has 15 heavy (non-hydrogen) atoms. The lowest BCUT2D eigenvalue weighted by Crippen LogP contribution is -2.25. The first-order chi connectivity index (χ1) is 6.92. The molecule has 0 heterocycles. The zero-order valence-electron chi connectivity index (χ0n) is 9.02. The Labute approximate surface area is 90.3 Å². The van der Waals surface area contributed by atoms with Crippen LogP contribution in [0.2, 0.25) is 0 Å². The molecular formula is C10H15NO3S. The highest BCUT2D eigenvalue weighted by atomic mass is 32.2. The van der Waals surface area contributed by atoms with Crippen molar-refractivity contribution in [3.63, 3.8) is 0 Å². The number of sulfonamides is 1. The summed E-state index contributed by atoms with van der Waals surface area (Å²) in [5.74, 6) is 0.755. The second-order valence-corrected chi connectivity index (χ2v) is 5.16. The van der Waals surface area contributed by atoms with Crippen molar-refractivity contribution in [2.24, 2.45) is 0 Å². The van der Waals surface area contributed by atoms with E-state index < -0.39 is 10.0 Å². The molecule has 0 saturated heterocycles. The summed E-state index contributed by atoms with van der Waals surface area (Å²) in [7, 11) is -1.58. The van der Waals surface area contributed by atoms with E-state index in [0.717, 1.165) is 17.6 Å². The van der Waals surface area contributed by atoms with Crippen LogP contribution in [0.25, 0.3) is 0 Å². The third-order valence-electron chi connectivity index (χ3n) is 2.01. The van der Waals surface area contributed by atoms with Crippen LogP contribution in [0, 0.1) is 0 Å². The molecule has 4 nitrogen and oxygen atoms in total. The minimum absolute atomic E-state index is 0.231. The summed E-state index contributed by atoms with van der Waals surface area (Å²) in [6, 6.07) is 7.04. The topological polar surface area (TPSA) is 55.4 Å². The van der Waals surface area contributed by atoms with Gasteiger partial charge in [-0.15, -0.1) is 0 Å². The molecule has 1 rings (SSSR count). The molecule has 0 amide bonds. The fourth-order valence-electron chi connectivity index (χ4n) is 1.28. The molecular weight excluding hydrogens is 214 g/mol. The second kappa shape index (κ2) is 4.63. The molecule has 0 aromatic heterocycles. The normalized spacial score (nSPS) is 13.5. The maximum atomic E-state index is 11.0. The summed E-state index contributed by atoms with van der Waals surface area (Å²) >= 11 is 0. The standard InChI is InChI=1S/C10H15NO3S/c1-8(11-15(3,12)13)9-4-6-10(14-2)7-5-9/h4-8,11H,1-3H3/t8-/m0/s1. The third kappa shape index (κ3) is 3.89. The van der Waals surface area contributed by atoms with Crippen LogP contribution in [0.4, 0.5) is 0 Å². The van der Waals surface area contributed by atoms with E-state index in [2.05, 4.69) is 4.72 Å². The Bertz CT molecular complexity index is 411. The van der Waals surface area contributed by atoms with Crippen LogP contribution in [0.5, 0.6) is 5.75 Å². The molecule has 84 valence electrons. The van der Waals surface area contributed by atoms with Crippen LogP contribution in [0.1, 0.15) is 18.5 Å². The molecule has 1 N–H and O–H groups in total. The lowest BCUT2D eigenvalue weighted by Gasteiger charge is -2.12. The van der Waals surface area contributed by atoms with Crippen molar-refractivity contribution in [3.05, 3.63) is 29.8 Å². The van der Waals surface area contributed by atoms with Crippen molar-refractivity contribution in [2.45, 2.75) is 13.0 Å². The van der Waals surface area contributed by atoms with Crippen molar-refractivity contribution in [3.8, 4) is 5.75 Å². The van der Waals surface area contributed by atoms with Gasteiger partial charge in [-0.2, -0.15) is 0 Å². The first-order valence-corrected chi connectivity index (χ1v) is 6.43. The van der Waals surface area contributed by atoms with Crippen molar-refractivity contribution >= 4 is 10.0 Å². The van der Waals surface area contributed by atoms with Gasteiger partial charge in [-0.1, -0.05) is 12.1 Å². The van der Waals surface area contributed by atoms with Gasteiger partial charge in [-0.3, -0.25) is 0 Å². The van der Waals surface area contributed by atoms with Crippen molar-refractivity contribution in [1.82, 2.24) is 4.72 Å². The molecule has 0 saturated carbocycles. The first kappa shape index (κ1) is 12.0. The van der Waals surface area contributed by atoms with Crippen LogP contribution >= 0.6 is 0 Å². The number of hydrogen-bond acceptors (Lipinski definition) is 3. The number of benzene rings is 1. The molecule has 0 aliphatic carbocycles. The Morgan fingerprint density at radius 3 is 2.20 bits per heavy atom. The largest absolute Gasteiger partial charge is 0.497 e. The molecule has 1 aromatic carbocycles. The van der Waals surface area contributed by atoms with Crippen molar-refractivity contribution in [2.75, 3.05) is 13.4 Å². The van der Waals surface area contributed by atoms with E-state index in [0.29, 0.717) is 0 Å². The monoisotopic (exact) mass is 229 g/mol. The van der Waals surface area contributed by atoms with E-state index in [1.54, 1.807) is 26.2 Å². The highest BCUT2D eigenvalue weighted by Gasteiger charge is 2.10. The Morgan fingerprint density at radius 1 is 1.27 bits per heavy atom. The molecule has 1 atom stereocenters. The van der Waals surface area contributed by atoms with Gasteiger partial charge >= 0.3 is 0 Å². The van der Waals surface area contributed by atoms with E-state index in [1.165, 1.54) is 0 Å². The first-order valence-electron chi connectivity index (χ1n) is 4.53. The van der Waals surface area contributed by atoms with Gasteiger partial charge in [0.25, 0.3) is 0 Å². The van der Waals surface area contributed by atoms with Crippen LogP contribution in [0.15, 0.2) is 24.3 Å². The van der Waals surface area contributed by atoms with Gasteiger partial charge in [-0.05, 0) is 24.6 Å². The van der Waals surface area contributed by atoms with E-state index >= 15 is 0 Å². The summed E-state index contributed by atoms with van der Waals surface area (Å²) in [6.07, 6.45) is 1.15. The Balaban J connectivity index is 2.78. The van der Waals surface area contributed by atoms with Gasteiger partial charge in [0.1, 0.15) is 5.75 Å². The van der Waals surface area contributed by atoms with Crippen molar-refractivity contribution < 1.29 is 13.2 Å². The minimum Gasteiger partial charge on any atom is -0.497 e. The summed E-state index contributed by atoms with van der Waals surface area (Å²) in [4.78, 5) is 0. The zero-order chi connectivity index (χ0) is 11.5. The quantitative estimate of drug-likeness (QED) is 0.846. The van der Waals surface area contributed by atoms with E-state index in [-0.39, 0.29) is 6.04 Å². The summed E-state index contributed by atoms with van der Waals surface area (Å²) in [5.41, 5.74) is 0.904. The molecule has 0 radical (unpaired) electrons. The van der Waals surface area contributed by atoms with Gasteiger partial charge in [0.05, 0.1) is 13.4 Å². The predicted molar refractivity (Wildman–Crippen MR) is 59.4 cm³/mol. The van der Waals surface area contributed by atoms with Crippen LogP contribution in [-0.4, -0.2) is 21.8 Å². The Hall–Kier alpha value is -1.07. The lowest BCUT2D eigenvalue weighted by atomic mass is 10.1. The molecule has 0 fully saturated rings. The second-order valence-electron chi connectivity index (χ2n) is 3.38. The summed E-state index contributed by atoms with van der Waals surface area (Å²) in [5, 5.41) is 0. The van der Waals surface area contributed by atoms with E-state index in [1.807, 2.05) is 12.1 Å². The average molecular weight is 229 g/mol. The van der Waals surface area contributed by atoms with Gasteiger partial charge in [0, 0.05) is 6.04 Å². The zero-order valence-corrected chi connectivity index (χ0v) is 9.84. The third-order valence-corrected chi connectivity index (χ3v) is 2.79. The molecule has 1 aromatic rings. The Morgan fingerprint density at radius 2 is 1.80 bits per heavy atom. The maximum Gasteiger partial charge on any atom is 0.209 e. The van der Waals surface area contributed by atoms with Gasteiger partial charge in [-0.25, -0.2) is 13.1 Å². The number of methoxy groups -OCH3 is 1. The van der Waals surface area contributed by atoms with Crippen molar-refractivity contribution in [1.29, 1.82) is 0 Å². The molecule has 0 aliphatic rings. The van der Waals surface area contributed by atoms with E-state index in [9.17, 15) is 8.42 Å². The molecule has 0 unspecified atom stereocenters. The Kier molecular flexibility index (Phi) is 3.71. The fraction of sp³-hybridized carbons (Fsp3) is 0.400. The number of rotatable bonds is 4. The smallest absolute Gasteiger partial charge is 0.209 e. The number of nitrogens with one attached hydrogen (secondary N) is 1. The SMILES string of the molecule is COc1ccc([C@H](C)NS(C)(=O)=O)cc1. The molecule has 0 aliphatic heterocycles. The number of hydrogen-bond donors (Lipinski definition) is 1. The van der Waals surface area contributed by atoms with Gasteiger partial charge in [0.15, 0.2) is 0 Å².